The fourth-order valence-electron chi connectivity index (χ4n) is 3.37. The monoisotopic (exact) mass is 324 g/mol. The van der Waals surface area contributed by atoms with Gasteiger partial charge in [0.25, 0.3) is 0 Å². The number of nitrogens with zero attached hydrogens (tertiary/aromatic N) is 2. The maximum atomic E-state index is 12.3. The molecule has 2 aliphatic rings. The molecule has 22 heavy (non-hydrogen) atoms. The van der Waals surface area contributed by atoms with Gasteiger partial charge in [0, 0.05) is 24.4 Å². The summed E-state index contributed by atoms with van der Waals surface area (Å²) < 4.78 is 5.11. The first-order chi connectivity index (χ1) is 10.5. The number of fused-ring (bicyclic) bond motifs is 1. The SMILES string of the molecule is Cc1noc(C)c1CSCC(=O)N1CC[C@H]2[C@@H](C1)[C@H]2C(=O)O. The van der Waals surface area contributed by atoms with Crippen LogP contribution in [0.15, 0.2) is 4.52 Å². The van der Waals surface area contributed by atoms with Gasteiger partial charge < -0.3 is 14.5 Å². The van der Waals surface area contributed by atoms with E-state index in [1.54, 1.807) is 11.8 Å². The van der Waals surface area contributed by atoms with Crippen molar-refractivity contribution in [2.45, 2.75) is 26.0 Å². The standard InChI is InChI=1S/C15H20N2O4S/c1-8-12(9(2)21-16-8)6-22-7-13(18)17-4-3-10-11(5-17)14(10)15(19)20/h10-11,14H,3-7H2,1-2H3,(H,19,20)/t10-,11+,14-/m0/s1. The quantitative estimate of drug-likeness (QED) is 0.887. The molecule has 2 heterocycles. The second kappa shape index (κ2) is 5.95. The Morgan fingerprint density at radius 3 is 2.82 bits per heavy atom. The number of carbonyl (C=O) groups is 2. The molecule has 1 saturated heterocycles. The lowest BCUT2D eigenvalue weighted by atomic mass is 10.1. The molecule has 1 aliphatic carbocycles. The molecule has 1 aliphatic heterocycles. The highest BCUT2D eigenvalue weighted by Gasteiger charge is 2.57. The molecule has 0 unspecified atom stereocenters. The number of piperidine rings is 1. The van der Waals surface area contributed by atoms with Gasteiger partial charge in [-0.15, -0.1) is 11.8 Å². The molecule has 0 spiro atoms. The zero-order chi connectivity index (χ0) is 15.9. The van der Waals surface area contributed by atoms with Crippen LogP contribution in [-0.2, 0) is 15.3 Å². The summed E-state index contributed by atoms with van der Waals surface area (Å²) in [5, 5.41) is 13.0. The van der Waals surface area contributed by atoms with Gasteiger partial charge in [0.2, 0.25) is 5.91 Å². The highest BCUT2D eigenvalue weighted by molar-refractivity contribution is 7.99. The fraction of sp³-hybridized carbons (Fsp3) is 0.667. The molecule has 0 aromatic carbocycles. The second-order valence-electron chi connectivity index (χ2n) is 6.12. The zero-order valence-corrected chi connectivity index (χ0v) is 13.6. The number of likely N-dealkylation sites (tertiary alicyclic amines) is 1. The predicted octanol–water partition coefficient (Wildman–Crippen LogP) is 1.70. The van der Waals surface area contributed by atoms with Crippen molar-refractivity contribution in [3.05, 3.63) is 17.0 Å². The second-order valence-corrected chi connectivity index (χ2v) is 7.10. The largest absolute Gasteiger partial charge is 0.481 e. The lowest BCUT2D eigenvalue weighted by molar-refractivity contribution is -0.139. The van der Waals surface area contributed by atoms with E-state index in [9.17, 15) is 9.59 Å². The molecule has 3 rings (SSSR count). The topological polar surface area (TPSA) is 83.6 Å². The van der Waals surface area contributed by atoms with E-state index in [1.165, 1.54) is 0 Å². The summed E-state index contributed by atoms with van der Waals surface area (Å²) in [4.78, 5) is 25.1. The van der Waals surface area contributed by atoms with Crippen molar-refractivity contribution in [3.63, 3.8) is 0 Å². The van der Waals surface area contributed by atoms with E-state index in [1.807, 2.05) is 18.7 Å². The van der Waals surface area contributed by atoms with Crippen LogP contribution < -0.4 is 0 Å². The van der Waals surface area contributed by atoms with Crippen LogP contribution in [0.25, 0.3) is 0 Å². The van der Waals surface area contributed by atoms with Crippen molar-refractivity contribution < 1.29 is 19.2 Å². The summed E-state index contributed by atoms with van der Waals surface area (Å²) in [6, 6.07) is 0. The third-order valence-electron chi connectivity index (χ3n) is 4.79. The van der Waals surface area contributed by atoms with Crippen molar-refractivity contribution in [2.75, 3.05) is 18.8 Å². The van der Waals surface area contributed by atoms with Crippen LogP contribution in [-0.4, -0.2) is 45.9 Å². The van der Waals surface area contributed by atoms with Gasteiger partial charge in [0.15, 0.2) is 0 Å². The van der Waals surface area contributed by atoms with Crippen LogP contribution in [0.1, 0.15) is 23.4 Å². The summed E-state index contributed by atoms with van der Waals surface area (Å²) in [6.45, 7) is 5.07. The Bertz CT molecular complexity index is 581. The number of hydrogen-bond donors (Lipinski definition) is 1. The highest BCUT2D eigenvalue weighted by Crippen LogP contribution is 2.51. The summed E-state index contributed by atoms with van der Waals surface area (Å²) in [5.41, 5.74) is 1.94. The van der Waals surface area contributed by atoms with Crippen LogP contribution >= 0.6 is 11.8 Å². The maximum absolute atomic E-state index is 12.3. The van der Waals surface area contributed by atoms with E-state index < -0.39 is 5.97 Å². The van der Waals surface area contributed by atoms with Gasteiger partial charge >= 0.3 is 5.97 Å². The Kier molecular flexibility index (Phi) is 4.16. The van der Waals surface area contributed by atoms with Gasteiger partial charge in [-0.1, -0.05) is 5.16 Å². The molecule has 1 amide bonds. The summed E-state index contributed by atoms with van der Waals surface area (Å²) >= 11 is 1.56. The predicted molar refractivity (Wildman–Crippen MR) is 81.4 cm³/mol. The molecule has 0 bridgehead atoms. The minimum atomic E-state index is -0.711. The lowest BCUT2D eigenvalue weighted by Gasteiger charge is -2.26. The van der Waals surface area contributed by atoms with Crippen molar-refractivity contribution in [3.8, 4) is 0 Å². The molecule has 120 valence electrons. The third kappa shape index (κ3) is 2.86. The van der Waals surface area contributed by atoms with Gasteiger partial charge in [0.1, 0.15) is 5.76 Å². The first-order valence-corrected chi connectivity index (χ1v) is 8.64. The number of thioether (sulfide) groups is 1. The average Bonchev–Trinajstić information content (AvgIpc) is 3.13. The number of carboxylic acids is 1. The molecule has 1 saturated carbocycles. The average molecular weight is 324 g/mol. The molecule has 6 nitrogen and oxygen atoms in total. The number of hydrogen-bond acceptors (Lipinski definition) is 5. The number of aliphatic carboxylic acids is 1. The highest BCUT2D eigenvalue weighted by atomic mass is 32.2. The lowest BCUT2D eigenvalue weighted by Crippen LogP contribution is -2.38. The minimum absolute atomic E-state index is 0.103. The van der Waals surface area contributed by atoms with E-state index in [0.717, 1.165) is 23.4 Å². The number of carbonyl (C=O) groups excluding carboxylic acids is 1. The van der Waals surface area contributed by atoms with E-state index in [-0.39, 0.29) is 23.7 Å². The van der Waals surface area contributed by atoms with Gasteiger partial charge in [-0.25, -0.2) is 0 Å². The Balaban J connectivity index is 1.46. The first kappa shape index (κ1) is 15.4. The van der Waals surface area contributed by atoms with Crippen LogP contribution in [0.3, 0.4) is 0 Å². The van der Waals surface area contributed by atoms with Gasteiger partial charge in [-0.2, -0.15) is 0 Å². The summed E-state index contributed by atoms with van der Waals surface area (Å²) in [6.07, 6.45) is 0.821. The third-order valence-corrected chi connectivity index (χ3v) is 5.73. The van der Waals surface area contributed by atoms with E-state index in [4.69, 9.17) is 9.63 Å². The number of aromatic nitrogens is 1. The van der Waals surface area contributed by atoms with Gasteiger partial charge in [-0.05, 0) is 32.1 Å². The molecule has 1 aromatic rings. The maximum Gasteiger partial charge on any atom is 0.307 e. The van der Waals surface area contributed by atoms with Crippen LogP contribution in [0, 0.1) is 31.6 Å². The summed E-state index contributed by atoms with van der Waals surface area (Å²) in [7, 11) is 0. The van der Waals surface area contributed by atoms with Crippen molar-refractivity contribution in [2.24, 2.45) is 17.8 Å². The molecule has 3 atom stereocenters. The van der Waals surface area contributed by atoms with Crippen molar-refractivity contribution in [1.82, 2.24) is 10.1 Å². The first-order valence-electron chi connectivity index (χ1n) is 7.49. The molecule has 1 aromatic heterocycles. The van der Waals surface area contributed by atoms with Crippen LogP contribution in [0.4, 0.5) is 0 Å². The van der Waals surface area contributed by atoms with E-state index >= 15 is 0 Å². The molecule has 2 fully saturated rings. The van der Waals surface area contributed by atoms with Crippen LogP contribution in [0.5, 0.6) is 0 Å². The number of rotatable bonds is 5. The molecule has 0 radical (unpaired) electrons. The van der Waals surface area contributed by atoms with Crippen molar-refractivity contribution in [1.29, 1.82) is 0 Å². The molecule has 1 N–H and O–H groups in total. The summed E-state index contributed by atoms with van der Waals surface area (Å²) in [5.74, 6) is 1.56. The minimum Gasteiger partial charge on any atom is -0.481 e. The molecular weight excluding hydrogens is 304 g/mol. The normalized spacial score (nSPS) is 26.6. The van der Waals surface area contributed by atoms with E-state index in [0.29, 0.717) is 24.6 Å². The number of aryl methyl sites for hydroxylation is 2. The Morgan fingerprint density at radius 2 is 2.18 bits per heavy atom. The van der Waals surface area contributed by atoms with Gasteiger partial charge in [0.05, 0.1) is 17.4 Å². The fourth-order valence-corrected chi connectivity index (χ4v) is 4.45. The number of amides is 1. The van der Waals surface area contributed by atoms with Crippen LogP contribution in [0.2, 0.25) is 0 Å². The van der Waals surface area contributed by atoms with Gasteiger partial charge in [-0.3, -0.25) is 9.59 Å². The number of carboxylic acid groups (broad SMARTS) is 1. The zero-order valence-electron chi connectivity index (χ0n) is 12.7. The molecular formula is C15H20N2O4S. The Hall–Kier alpha value is -1.50. The Morgan fingerprint density at radius 1 is 1.41 bits per heavy atom. The van der Waals surface area contributed by atoms with Crippen molar-refractivity contribution >= 4 is 23.6 Å². The van der Waals surface area contributed by atoms with E-state index in [2.05, 4.69) is 5.16 Å². The Labute approximate surface area is 133 Å². The molecule has 7 heteroatoms. The smallest absolute Gasteiger partial charge is 0.307 e.